The largest absolute Gasteiger partial charge is 0.369 e. The molecule has 136 valence electrons. The fraction of sp³-hybridized carbons (Fsp3) is 0.158. The summed E-state index contributed by atoms with van der Waals surface area (Å²) in [5.74, 6) is 0. The Hall–Kier alpha value is -3.03. The van der Waals surface area contributed by atoms with Crippen LogP contribution in [0.3, 0.4) is 0 Å². The van der Waals surface area contributed by atoms with E-state index in [-0.39, 0.29) is 0 Å². The molecule has 4 rings (SSSR count). The SMILES string of the molecule is Clc1ccc(-n2cc(COCc3cn(Cc4ccccc4)nn3)nn2)cc1. The van der Waals surface area contributed by atoms with E-state index in [0.717, 1.165) is 17.1 Å². The van der Waals surface area contributed by atoms with Gasteiger partial charge in [0.1, 0.15) is 11.4 Å². The number of hydrogen-bond donors (Lipinski definition) is 0. The molecule has 8 heteroatoms. The Balaban J connectivity index is 1.29. The monoisotopic (exact) mass is 380 g/mol. The molecule has 0 bridgehead atoms. The van der Waals surface area contributed by atoms with Crippen molar-refractivity contribution in [2.75, 3.05) is 0 Å². The number of nitrogens with zero attached hydrogens (tertiary/aromatic N) is 6. The van der Waals surface area contributed by atoms with Gasteiger partial charge in [0.25, 0.3) is 0 Å². The average molecular weight is 381 g/mol. The first-order valence-electron chi connectivity index (χ1n) is 8.44. The molecule has 0 saturated heterocycles. The Morgan fingerprint density at radius 2 is 1.52 bits per heavy atom. The molecule has 0 aliphatic rings. The smallest absolute Gasteiger partial charge is 0.109 e. The summed E-state index contributed by atoms with van der Waals surface area (Å²) in [5, 5.41) is 17.2. The van der Waals surface area contributed by atoms with E-state index >= 15 is 0 Å². The second kappa shape index (κ2) is 8.11. The fourth-order valence-corrected chi connectivity index (χ4v) is 2.72. The number of rotatable bonds is 7. The maximum atomic E-state index is 5.90. The van der Waals surface area contributed by atoms with Crippen LogP contribution in [0.2, 0.25) is 5.02 Å². The Morgan fingerprint density at radius 1 is 0.815 bits per heavy atom. The van der Waals surface area contributed by atoms with Crippen molar-refractivity contribution in [1.82, 2.24) is 30.0 Å². The molecule has 2 aromatic carbocycles. The lowest BCUT2D eigenvalue weighted by molar-refractivity contribution is 0.102. The first kappa shape index (κ1) is 17.4. The third-order valence-electron chi connectivity index (χ3n) is 3.91. The molecular formula is C19H17ClN6O. The van der Waals surface area contributed by atoms with Gasteiger partial charge in [0.15, 0.2) is 0 Å². The summed E-state index contributed by atoms with van der Waals surface area (Å²) in [6.07, 6.45) is 3.72. The second-order valence-corrected chi connectivity index (χ2v) is 6.45. The van der Waals surface area contributed by atoms with E-state index in [1.54, 1.807) is 9.36 Å². The van der Waals surface area contributed by atoms with Gasteiger partial charge in [-0.3, -0.25) is 0 Å². The van der Waals surface area contributed by atoms with Crippen LogP contribution in [0.25, 0.3) is 5.69 Å². The normalized spacial score (nSPS) is 11.0. The molecule has 0 fully saturated rings. The zero-order valence-corrected chi connectivity index (χ0v) is 15.2. The number of benzene rings is 2. The molecule has 4 aromatic rings. The summed E-state index contributed by atoms with van der Waals surface area (Å²) in [6, 6.07) is 17.5. The molecule has 0 N–H and O–H groups in total. The Morgan fingerprint density at radius 3 is 2.30 bits per heavy atom. The van der Waals surface area contributed by atoms with Gasteiger partial charge in [0, 0.05) is 5.02 Å². The Labute approximate surface area is 161 Å². The Kier molecular flexibility index (Phi) is 5.22. The van der Waals surface area contributed by atoms with E-state index in [0.29, 0.717) is 24.8 Å². The molecule has 0 atom stereocenters. The average Bonchev–Trinajstić information content (AvgIpc) is 3.33. The molecule has 0 aliphatic heterocycles. The van der Waals surface area contributed by atoms with Crippen LogP contribution in [-0.4, -0.2) is 30.0 Å². The molecular weight excluding hydrogens is 364 g/mol. The summed E-state index contributed by atoms with van der Waals surface area (Å²) in [6.45, 7) is 1.39. The maximum absolute atomic E-state index is 5.90. The highest BCUT2D eigenvalue weighted by Crippen LogP contribution is 2.13. The maximum Gasteiger partial charge on any atom is 0.109 e. The van der Waals surface area contributed by atoms with Gasteiger partial charge in [-0.1, -0.05) is 52.4 Å². The van der Waals surface area contributed by atoms with Crippen molar-refractivity contribution in [3.05, 3.63) is 89.0 Å². The summed E-state index contributed by atoms with van der Waals surface area (Å²) in [4.78, 5) is 0. The highest BCUT2D eigenvalue weighted by Gasteiger charge is 2.06. The van der Waals surface area contributed by atoms with E-state index in [1.807, 2.05) is 54.9 Å². The number of aromatic nitrogens is 6. The van der Waals surface area contributed by atoms with Crippen molar-refractivity contribution in [2.24, 2.45) is 0 Å². The lowest BCUT2D eigenvalue weighted by Crippen LogP contribution is -1.99. The van der Waals surface area contributed by atoms with E-state index in [2.05, 4.69) is 32.8 Å². The molecule has 2 aromatic heterocycles. The molecule has 0 saturated carbocycles. The topological polar surface area (TPSA) is 70.7 Å². The Bertz CT molecular complexity index is 996. The molecule has 0 amide bonds. The van der Waals surface area contributed by atoms with Crippen molar-refractivity contribution >= 4 is 11.6 Å². The highest BCUT2D eigenvalue weighted by atomic mass is 35.5. The van der Waals surface area contributed by atoms with Gasteiger partial charge in [0.05, 0.1) is 37.8 Å². The van der Waals surface area contributed by atoms with Crippen molar-refractivity contribution in [3.63, 3.8) is 0 Å². The first-order chi connectivity index (χ1) is 13.3. The molecule has 27 heavy (non-hydrogen) atoms. The van der Waals surface area contributed by atoms with E-state index in [9.17, 15) is 0 Å². The van der Waals surface area contributed by atoms with Gasteiger partial charge in [-0.15, -0.1) is 10.2 Å². The van der Waals surface area contributed by atoms with Crippen LogP contribution < -0.4 is 0 Å². The van der Waals surface area contributed by atoms with Crippen LogP contribution in [0, 0.1) is 0 Å². The summed E-state index contributed by atoms with van der Waals surface area (Å²) in [5.41, 5.74) is 3.58. The van der Waals surface area contributed by atoms with Gasteiger partial charge in [-0.05, 0) is 29.8 Å². The molecule has 0 spiro atoms. The zero-order valence-electron chi connectivity index (χ0n) is 14.4. The number of ether oxygens (including phenoxy) is 1. The van der Waals surface area contributed by atoms with Crippen molar-refractivity contribution in [2.45, 2.75) is 19.8 Å². The number of halogens is 1. The van der Waals surface area contributed by atoms with Crippen LogP contribution in [-0.2, 0) is 24.5 Å². The van der Waals surface area contributed by atoms with Crippen LogP contribution in [0.1, 0.15) is 17.0 Å². The fourth-order valence-electron chi connectivity index (χ4n) is 2.60. The molecule has 0 aliphatic carbocycles. The van der Waals surface area contributed by atoms with Gasteiger partial charge in [0.2, 0.25) is 0 Å². The first-order valence-corrected chi connectivity index (χ1v) is 8.82. The van der Waals surface area contributed by atoms with Crippen LogP contribution in [0.15, 0.2) is 67.0 Å². The van der Waals surface area contributed by atoms with E-state index < -0.39 is 0 Å². The van der Waals surface area contributed by atoms with E-state index in [4.69, 9.17) is 16.3 Å². The van der Waals surface area contributed by atoms with Crippen molar-refractivity contribution < 1.29 is 4.74 Å². The summed E-state index contributed by atoms with van der Waals surface area (Å²) >= 11 is 5.90. The van der Waals surface area contributed by atoms with E-state index in [1.165, 1.54) is 5.56 Å². The molecule has 0 radical (unpaired) electrons. The van der Waals surface area contributed by atoms with Crippen LogP contribution in [0.4, 0.5) is 0 Å². The van der Waals surface area contributed by atoms with Gasteiger partial charge >= 0.3 is 0 Å². The second-order valence-electron chi connectivity index (χ2n) is 6.02. The minimum atomic E-state index is 0.346. The third kappa shape index (κ3) is 4.58. The van der Waals surface area contributed by atoms with Crippen LogP contribution in [0.5, 0.6) is 0 Å². The highest BCUT2D eigenvalue weighted by molar-refractivity contribution is 6.30. The van der Waals surface area contributed by atoms with Gasteiger partial charge < -0.3 is 4.74 Å². The molecule has 0 unspecified atom stereocenters. The minimum absolute atomic E-state index is 0.346. The summed E-state index contributed by atoms with van der Waals surface area (Å²) in [7, 11) is 0. The van der Waals surface area contributed by atoms with Gasteiger partial charge in [-0.2, -0.15) is 0 Å². The molecule has 7 nitrogen and oxygen atoms in total. The minimum Gasteiger partial charge on any atom is -0.369 e. The summed E-state index contributed by atoms with van der Waals surface area (Å²) < 4.78 is 9.17. The quantitative estimate of drug-likeness (QED) is 0.492. The lowest BCUT2D eigenvalue weighted by atomic mass is 10.2. The lowest BCUT2D eigenvalue weighted by Gasteiger charge is -2.00. The third-order valence-corrected chi connectivity index (χ3v) is 4.16. The predicted octanol–water partition coefficient (Wildman–Crippen LogP) is 3.28. The zero-order chi connectivity index (χ0) is 18.5. The molecule has 2 heterocycles. The van der Waals surface area contributed by atoms with Crippen molar-refractivity contribution in [3.8, 4) is 5.69 Å². The number of hydrogen-bond acceptors (Lipinski definition) is 5. The van der Waals surface area contributed by atoms with Crippen LogP contribution >= 0.6 is 11.6 Å². The predicted molar refractivity (Wildman–Crippen MR) is 100 cm³/mol. The standard InChI is InChI=1S/C19H17ClN6O/c20-16-6-8-19(9-7-16)26-12-18(22-24-26)14-27-13-17-11-25(23-21-17)10-15-4-2-1-3-5-15/h1-9,11-12H,10,13-14H2. The van der Waals surface area contributed by atoms with Gasteiger partial charge in [-0.25, -0.2) is 9.36 Å². The van der Waals surface area contributed by atoms with Crippen molar-refractivity contribution in [1.29, 1.82) is 0 Å².